The lowest BCUT2D eigenvalue weighted by molar-refractivity contribution is 0.101. The van der Waals surface area contributed by atoms with Gasteiger partial charge in [-0.25, -0.2) is 0 Å². The number of halogens is 1. The number of carbonyl (C=O) groups is 1. The lowest BCUT2D eigenvalue weighted by atomic mass is 10.1. The van der Waals surface area contributed by atoms with Gasteiger partial charge in [-0.15, -0.1) is 0 Å². The predicted molar refractivity (Wildman–Crippen MR) is 78.6 cm³/mol. The Morgan fingerprint density at radius 1 is 1.11 bits per heavy atom. The van der Waals surface area contributed by atoms with Crippen molar-refractivity contribution in [3.8, 4) is 0 Å². The fraction of sp³-hybridized carbons (Fsp3) is 0.133. The number of anilines is 2. The molecule has 2 aromatic carbocycles. The number of Topliss-reactive ketones (excluding diaryl/α,β-unsaturated/α-hetero) is 1. The Morgan fingerprint density at radius 3 is 2.39 bits per heavy atom. The van der Waals surface area contributed by atoms with Crippen molar-refractivity contribution in [2.75, 3.05) is 5.32 Å². The van der Waals surface area contributed by atoms with E-state index in [1.165, 1.54) is 5.56 Å². The first kappa shape index (κ1) is 12.8. The van der Waals surface area contributed by atoms with Gasteiger partial charge in [-0.2, -0.15) is 0 Å². The number of carbonyl (C=O) groups excluding carboxylic acids is 1. The summed E-state index contributed by atoms with van der Waals surface area (Å²) in [5.74, 6) is 0.0529. The highest BCUT2D eigenvalue weighted by atomic mass is 79.9. The molecule has 2 rings (SSSR count). The van der Waals surface area contributed by atoms with Crippen LogP contribution in [0.2, 0.25) is 0 Å². The van der Waals surface area contributed by atoms with Gasteiger partial charge in [-0.05, 0) is 44.2 Å². The minimum atomic E-state index is 0.0529. The molecule has 0 aromatic heterocycles. The van der Waals surface area contributed by atoms with E-state index in [9.17, 15) is 4.79 Å². The van der Waals surface area contributed by atoms with Crippen LogP contribution in [-0.2, 0) is 0 Å². The number of rotatable bonds is 3. The number of aryl methyl sites for hydroxylation is 1. The quantitative estimate of drug-likeness (QED) is 0.832. The molecule has 2 aromatic rings. The molecule has 0 radical (unpaired) electrons. The highest BCUT2D eigenvalue weighted by Crippen LogP contribution is 2.25. The largest absolute Gasteiger partial charge is 0.355 e. The molecule has 0 aliphatic rings. The van der Waals surface area contributed by atoms with Crippen molar-refractivity contribution in [2.24, 2.45) is 0 Å². The molecule has 18 heavy (non-hydrogen) atoms. The summed E-state index contributed by atoms with van der Waals surface area (Å²) < 4.78 is 0.946. The second-order valence-electron chi connectivity index (χ2n) is 4.24. The van der Waals surface area contributed by atoms with Crippen LogP contribution >= 0.6 is 15.9 Å². The van der Waals surface area contributed by atoms with Crippen LogP contribution in [0.5, 0.6) is 0 Å². The van der Waals surface area contributed by atoms with Crippen molar-refractivity contribution in [3.05, 3.63) is 58.1 Å². The van der Waals surface area contributed by atoms with Crippen LogP contribution in [0.3, 0.4) is 0 Å². The molecule has 0 unspecified atom stereocenters. The van der Waals surface area contributed by atoms with Crippen molar-refractivity contribution in [1.82, 2.24) is 0 Å². The minimum absolute atomic E-state index is 0.0529. The van der Waals surface area contributed by atoms with E-state index in [0.717, 1.165) is 15.8 Å². The van der Waals surface area contributed by atoms with E-state index < -0.39 is 0 Å². The third-order valence-electron chi connectivity index (χ3n) is 2.69. The second-order valence-corrected chi connectivity index (χ2v) is 5.15. The Bertz CT molecular complexity index is 576. The highest BCUT2D eigenvalue weighted by Gasteiger charge is 2.07. The van der Waals surface area contributed by atoms with Crippen molar-refractivity contribution in [2.45, 2.75) is 13.8 Å². The standard InChI is InChI=1S/C15H14BrNO/c1-10-3-6-13(7-4-10)17-15-9-12(16)5-8-14(15)11(2)18/h3-9,17H,1-2H3. The van der Waals surface area contributed by atoms with Crippen LogP contribution in [0.1, 0.15) is 22.8 Å². The van der Waals surface area contributed by atoms with Gasteiger partial charge >= 0.3 is 0 Å². The van der Waals surface area contributed by atoms with Crippen molar-refractivity contribution in [3.63, 3.8) is 0 Å². The third-order valence-corrected chi connectivity index (χ3v) is 3.18. The topological polar surface area (TPSA) is 29.1 Å². The van der Waals surface area contributed by atoms with Gasteiger partial charge in [0.05, 0.1) is 5.69 Å². The molecule has 1 N–H and O–H groups in total. The van der Waals surface area contributed by atoms with E-state index in [2.05, 4.69) is 21.2 Å². The van der Waals surface area contributed by atoms with Gasteiger partial charge < -0.3 is 5.32 Å². The van der Waals surface area contributed by atoms with Crippen LogP contribution in [0.4, 0.5) is 11.4 Å². The molecule has 0 aliphatic carbocycles. The van der Waals surface area contributed by atoms with Gasteiger partial charge in [0.2, 0.25) is 0 Å². The van der Waals surface area contributed by atoms with E-state index in [4.69, 9.17) is 0 Å². The average Bonchev–Trinajstić information content (AvgIpc) is 2.32. The summed E-state index contributed by atoms with van der Waals surface area (Å²) in [5.41, 5.74) is 3.70. The summed E-state index contributed by atoms with van der Waals surface area (Å²) in [6, 6.07) is 13.7. The zero-order valence-corrected chi connectivity index (χ0v) is 11.9. The number of hydrogen-bond donors (Lipinski definition) is 1. The molecule has 0 fully saturated rings. The molecule has 0 atom stereocenters. The average molecular weight is 304 g/mol. The maximum absolute atomic E-state index is 11.6. The van der Waals surface area contributed by atoms with Gasteiger partial charge in [-0.3, -0.25) is 4.79 Å². The smallest absolute Gasteiger partial charge is 0.161 e. The zero-order chi connectivity index (χ0) is 13.1. The van der Waals surface area contributed by atoms with Crippen molar-refractivity contribution < 1.29 is 4.79 Å². The highest BCUT2D eigenvalue weighted by molar-refractivity contribution is 9.10. The minimum Gasteiger partial charge on any atom is -0.355 e. The van der Waals surface area contributed by atoms with Crippen LogP contribution in [-0.4, -0.2) is 5.78 Å². The molecule has 0 amide bonds. The molecule has 0 saturated carbocycles. The molecular weight excluding hydrogens is 290 g/mol. The third kappa shape index (κ3) is 2.99. The summed E-state index contributed by atoms with van der Waals surface area (Å²) in [6.07, 6.45) is 0. The predicted octanol–water partition coefficient (Wildman–Crippen LogP) is 4.70. The molecule has 92 valence electrons. The summed E-state index contributed by atoms with van der Waals surface area (Å²) in [6.45, 7) is 3.62. The monoisotopic (exact) mass is 303 g/mol. The molecular formula is C15H14BrNO. The van der Waals surface area contributed by atoms with Gasteiger partial charge in [0.25, 0.3) is 0 Å². The van der Waals surface area contributed by atoms with Crippen LogP contribution < -0.4 is 5.32 Å². The molecule has 0 spiro atoms. The summed E-state index contributed by atoms with van der Waals surface area (Å²) in [7, 11) is 0. The molecule has 3 heteroatoms. The van der Waals surface area contributed by atoms with Gasteiger partial charge in [0.15, 0.2) is 5.78 Å². The molecule has 0 saturated heterocycles. The lowest BCUT2D eigenvalue weighted by Crippen LogP contribution is -2.00. The fourth-order valence-electron chi connectivity index (χ4n) is 1.72. The first-order valence-electron chi connectivity index (χ1n) is 5.70. The van der Waals surface area contributed by atoms with E-state index in [1.807, 2.05) is 49.4 Å². The van der Waals surface area contributed by atoms with Crippen molar-refractivity contribution >= 4 is 33.1 Å². The number of ketones is 1. The number of benzene rings is 2. The number of nitrogens with one attached hydrogen (secondary N) is 1. The molecule has 2 nitrogen and oxygen atoms in total. The lowest BCUT2D eigenvalue weighted by Gasteiger charge is -2.11. The summed E-state index contributed by atoms with van der Waals surface area (Å²) in [5, 5.41) is 3.27. The zero-order valence-electron chi connectivity index (χ0n) is 10.3. The Morgan fingerprint density at radius 2 is 1.78 bits per heavy atom. The normalized spacial score (nSPS) is 10.2. The van der Waals surface area contributed by atoms with Crippen LogP contribution in [0, 0.1) is 6.92 Å². The first-order valence-corrected chi connectivity index (χ1v) is 6.50. The second kappa shape index (κ2) is 5.36. The van der Waals surface area contributed by atoms with Crippen LogP contribution in [0.25, 0.3) is 0 Å². The SMILES string of the molecule is CC(=O)c1ccc(Br)cc1Nc1ccc(C)cc1. The van der Waals surface area contributed by atoms with E-state index in [1.54, 1.807) is 6.92 Å². The number of hydrogen-bond acceptors (Lipinski definition) is 2. The Balaban J connectivity index is 2.35. The molecule has 0 aliphatic heterocycles. The maximum Gasteiger partial charge on any atom is 0.161 e. The van der Waals surface area contributed by atoms with Gasteiger partial charge in [-0.1, -0.05) is 33.6 Å². The Kier molecular flexibility index (Phi) is 3.82. The molecule has 0 heterocycles. The summed E-state index contributed by atoms with van der Waals surface area (Å²) in [4.78, 5) is 11.6. The fourth-order valence-corrected chi connectivity index (χ4v) is 2.08. The Hall–Kier alpha value is -1.61. The first-order chi connectivity index (χ1) is 8.56. The van der Waals surface area contributed by atoms with E-state index in [0.29, 0.717) is 5.56 Å². The van der Waals surface area contributed by atoms with Gasteiger partial charge in [0, 0.05) is 15.7 Å². The van der Waals surface area contributed by atoms with Crippen LogP contribution in [0.15, 0.2) is 46.9 Å². The summed E-state index contributed by atoms with van der Waals surface area (Å²) >= 11 is 3.42. The molecule has 0 bridgehead atoms. The Labute approximate surface area is 115 Å². The van der Waals surface area contributed by atoms with E-state index in [-0.39, 0.29) is 5.78 Å². The maximum atomic E-state index is 11.6. The van der Waals surface area contributed by atoms with E-state index >= 15 is 0 Å². The van der Waals surface area contributed by atoms with Crippen molar-refractivity contribution in [1.29, 1.82) is 0 Å². The van der Waals surface area contributed by atoms with Gasteiger partial charge in [0.1, 0.15) is 0 Å².